The van der Waals surface area contributed by atoms with E-state index in [4.69, 9.17) is 0 Å². The van der Waals surface area contributed by atoms with Gasteiger partial charge in [0.1, 0.15) is 0 Å². The van der Waals surface area contributed by atoms with Gasteiger partial charge >= 0.3 is 5.69 Å². The first-order valence-corrected chi connectivity index (χ1v) is 6.66. The maximum atomic E-state index is 11.2. The molecule has 0 amide bonds. The summed E-state index contributed by atoms with van der Waals surface area (Å²) in [6.07, 6.45) is 3.28. The van der Waals surface area contributed by atoms with E-state index < -0.39 is 0 Å². The molecule has 1 aliphatic rings. The summed E-state index contributed by atoms with van der Waals surface area (Å²) in [6.45, 7) is 3.53. The third-order valence-corrected chi connectivity index (χ3v) is 3.53. The molecule has 0 radical (unpaired) electrons. The van der Waals surface area contributed by atoms with Crippen LogP contribution < -0.4 is 10.2 Å². The Bertz CT molecular complexity index is 462. The van der Waals surface area contributed by atoms with Gasteiger partial charge in [-0.2, -0.15) is 0 Å². The first-order valence-electron chi connectivity index (χ1n) is 6.66. The van der Waals surface area contributed by atoms with Gasteiger partial charge in [0.15, 0.2) is 0 Å². The second-order valence-corrected chi connectivity index (χ2v) is 4.95. The van der Waals surface area contributed by atoms with E-state index >= 15 is 0 Å². The predicted molar refractivity (Wildman–Crippen MR) is 74.5 cm³/mol. The molecule has 0 saturated carbocycles. The van der Waals surface area contributed by atoms with Crippen molar-refractivity contribution < 1.29 is 4.92 Å². The Morgan fingerprint density at radius 2 is 2.32 bits per heavy atom. The lowest BCUT2D eigenvalue weighted by Gasteiger charge is -2.36. The SMILES string of the molecule is CNCC1CCCCN1c1nc(C)ccc1[N+](=O)[O-]. The van der Waals surface area contributed by atoms with Crippen molar-refractivity contribution in [2.45, 2.75) is 32.2 Å². The molecular formula is C13H20N4O2. The molecule has 1 fully saturated rings. The van der Waals surface area contributed by atoms with Gasteiger partial charge < -0.3 is 10.2 Å². The minimum atomic E-state index is -0.340. The largest absolute Gasteiger partial charge is 0.347 e. The molecule has 19 heavy (non-hydrogen) atoms. The molecule has 1 aromatic rings. The van der Waals surface area contributed by atoms with Gasteiger partial charge in [-0.1, -0.05) is 0 Å². The smallest absolute Gasteiger partial charge is 0.311 e. The van der Waals surface area contributed by atoms with Crippen LogP contribution in [0.25, 0.3) is 0 Å². The van der Waals surface area contributed by atoms with Gasteiger partial charge in [0.05, 0.1) is 4.92 Å². The fraction of sp³-hybridized carbons (Fsp3) is 0.615. The number of nitro groups is 1. The van der Waals surface area contributed by atoms with Gasteiger partial charge in [0.2, 0.25) is 5.82 Å². The minimum Gasteiger partial charge on any atom is -0.347 e. The molecule has 0 aliphatic carbocycles. The Labute approximate surface area is 113 Å². The normalized spacial score (nSPS) is 19.5. The van der Waals surface area contributed by atoms with E-state index in [-0.39, 0.29) is 16.7 Å². The number of hydrogen-bond acceptors (Lipinski definition) is 5. The third-order valence-electron chi connectivity index (χ3n) is 3.53. The van der Waals surface area contributed by atoms with Crippen LogP contribution in [-0.2, 0) is 0 Å². The number of anilines is 1. The van der Waals surface area contributed by atoms with E-state index in [9.17, 15) is 10.1 Å². The van der Waals surface area contributed by atoms with Crippen LogP contribution in [0.4, 0.5) is 11.5 Å². The van der Waals surface area contributed by atoms with E-state index in [0.29, 0.717) is 5.82 Å². The van der Waals surface area contributed by atoms with E-state index in [0.717, 1.165) is 31.6 Å². The van der Waals surface area contributed by atoms with E-state index in [1.165, 1.54) is 6.42 Å². The molecule has 1 aromatic heterocycles. The van der Waals surface area contributed by atoms with Gasteiger partial charge in [0.25, 0.3) is 0 Å². The molecule has 1 saturated heterocycles. The molecule has 2 rings (SSSR count). The van der Waals surface area contributed by atoms with Crippen LogP contribution in [0.15, 0.2) is 12.1 Å². The summed E-state index contributed by atoms with van der Waals surface area (Å²) in [5.41, 5.74) is 0.919. The highest BCUT2D eigenvalue weighted by Crippen LogP contribution is 2.31. The van der Waals surface area contributed by atoms with Crippen LogP contribution in [-0.4, -0.2) is 36.1 Å². The summed E-state index contributed by atoms with van der Waals surface area (Å²) < 4.78 is 0. The van der Waals surface area contributed by atoms with Crippen molar-refractivity contribution in [3.63, 3.8) is 0 Å². The van der Waals surface area contributed by atoms with Crippen molar-refractivity contribution >= 4 is 11.5 Å². The zero-order valence-electron chi connectivity index (χ0n) is 11.4. The van der Waals surface area contributed by atoms with Crippen molar-refractivity contribution in [2.75, 3.05) is 25.0 Å². The van der Waals surface area contributed by atoms with E-state index in [2.05, 4.69) is 15.2 Å². The van der Waals surface area contributed by atoms with Crippen LogP contribution in [0.2, 0.25) is 0 Å². The molecule has 1 N–H and O–H groups in total. The molecule has 0 bridgehead atoms. The van der Waals surface area contributed by atoms with Gasteiger partial charge in [-0.25, -0.2) is 4.98 Å². The molecule has 1 aliphatic heterocycles. The summed E-state index contributed by atoms with van der Waals surface area (Å²) in [4.78, 5) is 17.3. The average molecular weight is 264 g/mol. The second-order valence-electron chi connectivity index (χ2n) is 4.95. The molecule has 104 valence electrons. The maximum absolute atomic E-state index is 11.2. The molecule has 1 atom stereocenters. The Kier molecular flexibility index (Phi) is 4.31. The maximum Gasteiger partial charge on any atom is 0.311 e. The summed E-state index contributed by atoms with van der Waals surface area (Å²) >= 11 is 0. The average Bonchev–Trinajstić information content (AvgIpc) is 2.39. The van der Waals surface area contributed by atoms with Gasteiger partial charge in [-0.05, 0) is 39.3 Å². The number of likely N-dealkylation sites (N-methyl/N-ethyl adjacent to an activating group) is 1. The fourth-order valence-electron chi connectivity index (χ4n) is 2.62. The topological polar surface area (TPSA) is 71.3 Å². The summed E-state index contributed by atoms with van der Waals surface area (Å²) in [6, 6.07) is 3.54. The first kappa shape index (κ1) is 13.7. The van der Waals surface area contributed by atoms with Crippen molar-refractivity contribution in [1.82, 2.24) is 10.3 Å². The highest BCUT2D eigenvalue weighted by molar-refractivity contribution is 5.59. The highest BCUT2D eigenvalue weighted by atomic mass is 16.6. The van der Waals surface area contributed by atoms with Crippen molar-refractivity contribution in [2.24, 2.45) is 0 Å². The molecular weight excluding hydrogens is 244 g/mol. The first-order chi connectivity index (χ1) is 9.13. The quantitative estimate of drug-likeness (QED) is 0.664. The summed E-state index contributed by atoms with van der Waals surface area (Å²) in [7, 11) is 1.91. The number of hydrogen-bond donors (Lipinski definition) is 1. The van der Waals surface area contributed by atoms with Crippen molar-refractivity contribution in [1.29, 1.82) is 0 Å². The fourth-order valence-corrected chi connectivity index (χ4v) is 2.62. The Morgan fingerprint density at radius 1 is 1.53 bits per heavy atom. The van der Waals surface area contributed by atoms with Crippen LogP contribution in [0.5, 0.6) is 0 Å². The Balaban J connectivity index is 2.37. The number of nitrogens with zero attached hydrogens (tertiary/aromatic N) is 3. The Morgan fingerprint density at radius 3 is 3.00 bits per heavy atom. The predicted octanol–water partition coefficient (Wildman–Crippen LogP) is 1.88. The molecule has 0 spiro atoms. The lowest BCUT2D eigenvalue weighted by atomic mass is 10.0. The third kappa shape index (κ3) is 3.01. The van der Waals surface area contributed by atoms with Crippen LogP contribution in [0.3, 0.4) is 0 Å². The minimum absolute atomic E-state index is 0.105. The van der Waals surface area contributed by atoms with Gasteiger partial charge in [-0.15, -0.1) is 0 Å². The number of nitrogens with one attached hydrogen (secondary N) is 1. The molecule has 6 heteroatoms. The van der Waals surface area contributed by atoms with E-state index in [1.807, 2.05) is 14.0 Å². The monoisotopic (exact) mass is 264 g/mol. The molecule has 1 unspecified atom stereocenters. The number of rotatable bonds is 4. The Hall–Kier alpha value is -1.69. The molecule has 0 aromatic carbocycles. The highest BCUT2D eigenvalue weighted by Gasteiger charge is 2.28. The molecule has 2 heterocycles. The lowest BCUT2D eigenvalue weighted by molar-refractivity contribution is -0.384. The molecule has 6 nitrogen and oxygen atoms in total. The van der Waals surface area contributed by atoms with E-state index in [1.54, 1.807) is 12.1 Å². The number of aryl methyl sites for hydroxylation is 1. The van der Waals surface area contributed by atoms with Crippen LogP contribution >= 0.6 is 0 Å². The number of pyridine rings is 1. The zero-order valence-corrected chi connectivity index (χ0v) is 11.4. The standard InChI is InChI=1S/C13H20N4O2/c1-10-6-7-12(17(18)19)13(15-10)16-8-4-3-5-11(16)9-14-2/h6-7,11,14H,3-5,8-9H2,1-2H3. The lowest BCUT2D eigenvalue weighted by Crippen LogP contribution is -2.45. The summed E-state index contributed by atoms with van der Waals surface area (Å²) in [5.74, 6) is 0.518. The van der Waals surface area contributed by atoms with Gasteiger partial charge in [0, 0.05) is 30.9 Å². The van der Waals surface area contributed by atoms with Crippen molar-refractivity contribution in [3.05, 3.63) is 27.9 Å². The van der Waals surface area contributed by atoms with Crippen LogP contribution in [0, 0.1) is 17.0 Å². The van der Waals surface area contributed by atoms with Crippen molar-refractivity contribution in [3.8, 4) is 0 Å². The zero-order chi connectivity index (χ0) is 13.8. The van der Waals surface area contributed by atoms with Gasteiger partial charge in [-0.3, -0.25) is 10.1 Å². The number of aromatic nitrogens is 1. The number of piperidine rings is 1. The van der Waals surface area contributed by atoms with Crippen LogP contribution in [0.1, 0.15) is 25.0 Å². The summed E-state index contributed by atoms with van der Waals surface area (Å²) in [5, 5.41) is 14.3. The second kappa shape index (κ2) is 5.97.